The molecule has 0 aliphatic rings. The number of hydrazine groups is 1. The van der Waals surface area contributed by atoms with Crippen LogP contribution in [0.25, 0.3) is 16.7 Å². The molecule has 7 nitrogen and oxygen atoms in total. The van der Waals surface area contributed by atoms with Crippen molar-refractivity contribution in [2.75, 3.05) is 12.1 Å². The van der Waals surface area contributed by atoms with Gasteiger partial charge in [-0.15, -0.1) is 0 Å². The Hall–Kier alpha value is -3.84. The van der Waals surface area contributed by atoms with Crippen LogP contribution in [0.15, 0.2) is 55.0 Å². The Balaban J connectivity index is 1.65. The molecule has 4 aromatic rings. The van der Waals surface area contributed by atoms with E-state index in [4.69, 9.17) is 23.2 Å². The van der Waals surface area contributed by atoms with Gasteiger partial charge in [-0.05, 0) is 18.2 Å². The predicted molar refractivity (Wildman–Crippen MR) is 126 cm³/mol. The van der Waals surface area contributed by atoms with E-state index >= 15 is 0 Å². The summed E-state index contributed by atoms with van der Waals surface area (Å²) < 4.78 is 78.9. The fourth-order valence-corrected chi connectivity index (χ4v) is 4.06. The average molecular weight is 576 g/mol. The number of hydrogen-bond donors (Lipinski definition) is 1. The summed E-state index contributed by atoms with van der Waals surface area (Å²) in [7, 11) is 1.21. The van der Waals surface area contributed by atoms with Gasteiger partial charge in [0.15, 0.2) is 11.6 Å². The van der Waals surface area contributed by atoms with Crippen molar-refractivity contribution in [1.82, 2.24) is 20.0 Å². The van der Waals surface area contributed by atoms with Crippen molar-refractivity contribution in [3.05, 3.63) is 81.7 Å². The Labute approximate surface area is 219 Å². The lowest BCUT2D eigenvalue weighted by molar-refractivity contribution is -0.138. The smallest absolute Gasteiger partial charge is 0.299 e. The van der Waals surface area contributed by atoms with Crippen LogP contribution < -0.4 is 10.4 Å². The molecule has 3 heterocycles. The van der Waals surface area contributed by atoms with Crippen LogP contribution in [0.4, 0.5) is 32.2 Å². The molecule has 0 spiro atoms. The number of anilines is 1. The molecule has 0 fully saturated rings. The normalized spacial score (nSPS) is 12.0. The summed E-state index contributed by atoms with van der Waals surface area (Å²) in [6, 6.07) is 7.50. The molecular weight excluding hydrogens is 563 g/mol. The summed E-state index contributed by atoms with van der Waals surface area (Å²) in [5.41, 5.74) is 0.180. The summed E-state index contributed by atoms with van der Waals surface area (Å²) in [5.74, 6) is -2.64. The van der Waals surface area contributed by atoms with Gasteiger partial charge in [0.2, 0.25) is 0 Å². The van der Waals surface area contributed by atoms with Crippen LogP contribution >= 0.6 is 23.2 Å². The summed E-state index contributed by atoms with van der Waals surface area (Å²) >= 11 is 11.9. The van der Waals surface area contributed by atoms with E-state index in [0.717, 1.165) is 5.01 Å². The van der Waals surface area contributed by atoms with Gasteiger partial charge < -0.3 is 0 Å². The standard InChI is InChI=1S/C23H13Cl2F6N5O2/c1-35(19-15(24)6-11(8-32-19)22(26,27)28)34-21(38)18(37)14-10-36(17-5-3-2-4-13(14)17)20-16(25)7-12(9-33-20)23(29,30)31/h2-10H,1H3,(H,34,38). The predicted octanol–water partition coefficient (Wildman–Crippen LogP) is 6.12. The maximum Gasteiger partial charge on any atom is 0.417 e. The molecule has 15 heteroatoms. The lowest BCUT2D eigenvalue weighted by atomic mass is 10.1. The van der Waals surface area contributed by atoms with Crippen molar-refractivity contribution in [3.8, 4) is 5.82 Å². The minimum atomic E-state index is -4.69. The van der Waals surface area contributed by atoms with Crippen LogP contribution in [0.2, 0.25) is 10.0 Å². The molecule has 0 unspecified atom stereocenters. The Morgan fingerprint density at radius 3 is 2.08 bits per heavy atom. The third-order valence-electron chi connectivity index (χ3n) is 5.28. The number of para-hydroxylation sites is 1. The van der Waals surface area contributed by atoms with Crippen molar-refractivity contribution >= 4 is 51.6 Å². The lowest BCUT2D eigenvalue weighted by Gasteiger charge is -2.20. The van der Waals surface area contributed by atoms with Crippen LogP contribution in [0.3, 0.4) is 0 Å². The fourth-order valence-electron chi connectivity index (χ4n) is 3.51. The molecule has 0 bridgehead atoms. The van der Waals surface area contributed by atoms with Crippen LogP contribution in [-0.2, 0) is 17.1 Å². The van der Waals surface area contributed by atoms with Gasteiger partial charge in [-0.1, -0.05) is 41.4 Å². The number of Topliss-reactive ketones (excluding diaryl/α,β-unsaturated/α-hetero) is 1. The van der Waals surface area contributed by atoms with E-state index in [9.17, 15) is 35.9 Å². The number of alkyl halides is 6. The zero-order valence-electron chi connectivity index (χ0n) is 18.8. The summed E-state index contributed by atoms with van der Waals surface area (Å²) in [4.78, 5) is 33.2. The number of pyridine rings is 2. The molecule has 38 heavy (non-hydrogen) atoms. The number of halogens is 8. The third-order valence-corrected chi connectivity index (χ3v) is 5.83. The molecule has 1 N–H and O–H groups in total. The van der Waals surface area contributed by atoms with Gasteiger partial charge >= 0.3 is 18.3 Å². The number of nitrogens with one attached hydrogen (secondary N) is 1. The largest absolute Gasteiger partial charge is 0.417 e. The molecule has 198 valence electrons. The number of nitrogens with zero attached hydrogens (tertiary/aromatic N) is 4. The summed E-state index contributed by atoms with van der Waals surface area (Å²) in [5, 5.41) is 0.344. The number of carbonyl (C=O) groups is 2. The number of hydrogen-bond acceptors (Lipinski definition) is 5. The van der Waals surface area contributed by atoms with Crippen molar-refractivity contribution < 1.29 is 35.9 Å². The highest BCUT2D eigenvalue weighted by Crippen LogP contribution is 2.35. The third kappa shape index (κ3) is 5.24. The number of benzene rings is 1. The Kier molecular flexibility index (Phi) is 7.01. The Morgan fingerprint density at radius 1 is 0.921 bits per heavy atom. The number of carbonyl (C=O) groups excluding carboxylic acids is 2. The van der Waals surface area contributed by atoms with Crippen LogP contribution in [0.5, 0.6) is 0 Å². The van der Waals surface area contributed by atoms with Gasteiger partial charge in [0.25, 0.3) is 5.78 Å². The second kappa shape index (κ2) is 9.80. The lowest BCUT2D eigenvalue weighted by Crippen LogP contribution is -2.43. The number of ketones is 1. The molecule has 0 saturated carbocycles. The first-order chi connectivity index (χ1) is 17.7. The second-order valence-electron chi connectivity index (χ2n) is 7.81. The highest BCUT2D eigenvalue weighted by Gasteiger charge is 2.33. The number of rotatable bonds is 5. The van der Waals surface area contributed by atoms with E-state index in [-0.39, 0.29) is 27.6 Å². The molecular formula is C23H13Cl2F6N5O2. The van der Waals surface area contributed by atoms with Crippen molar-refractivity contribution in [3.63, 3.8) is 0 Å². The van der Waals surface area contributed by atoms with Gasteiger partial charge in [0, 0.05) is 31.0 Å². The molecule has 0 saturated heterocycles. The number of aromatic nitrogens is 3. The topological polar surface area (TPSA) is 80.1 Å². The minimum Gasteiger partial charge on any atom is -0.299 e. The minimum absolute atomic E-state index is 0.117. The summed E-state index contributed by atoms with van der Waals surface area (Å²) in [6.07, 6.45) is -7.08. The number of fused-ring (bicyclic) bond motifs is 1. The zero-order valence-corrected chi connectivity index (χ0v) is 20.3. The van der Waals surface area contributed by atoms with E-state index in [0.29, 0.717) is 30.0 Å². The van der Waals surface area contributed by atoms with Crippen LogP contribution in [-0.4, -0.2) is 33.3 Å². The monoisotopic (exact) mass is 575 g/mol. The number of amides is 1. The van der Waals surface area contributed by atoms with E-state index < -0.39 is 40.2 Å². The quantitative estimate of drug-likeness (QED) is 0.134. The van der Waals surface area contributed by atoms with Gasteiger partial charge in [-0.25, -0.2) is 9.97 Å². The fraction of sp³-hybridized carbons (Fsp3) is 0.130. The molecule has 1 aromatic carbocycles. The SMILES string of the molecule is CN(NC(=O)C(=O)c1cn(-c2ncc(C(F)(F)F)cc2Cl)c2ccccc12)c1ncc(C(F)(F)F)cc1Cl. The zero-order chi connectivity index (χ0) is 28.0. The van der Waals surface area contributed by atoms with E-state index in [2.05, 4.69) is 15.4 Å². The van der Waals surface area contributed by atoms with Crippen molar-refractivity contribution in [1.29, 1.82) is 0 Å². The maximum absolute atomic E-state index is 13.1. The molecule has 1 amide bonds. The molecule has 0 aliphatic carbocycles. The van der Waals surface area contributed by atoms with E-state index in [1.165, 1.54) is 29.9 Å². The first-order valence-electron chi connectivity index (χ1n) is 10.3. The van der Waals surface area contributed by atoms with E-state index in [1.807, 2.05) is 0 Å². The molecule has 0 atom stereocenters. The first-order valence-corrected chi connectivity index (χ1v) is 11.1. The molecule has 0 aliphatic heterocycles. The van der Waals surface area contributed by atoms with Crippen LogP contribution in [0.1, 0.15) is 21.5 Å². The van der Waals surface area contributed by atoms with Crippen LogP contribution in [0, 0.1) is 0 Å². The van der Waals surface area contributed by atoms with E-state index in [1.54, 1.807) is 12.1 Å². The highest BCUT2D eigenvalue weighted by atomic mass is 35.5. The Morgan fingerprint density at radius 2 is 1.50 bits per heavy atom. The second-order valence-corrected chi connectivity index (χ2v) is 8.63. The average Bonchev–Trinajstić information content (AvgIpc) is 3.21. The molecule has 4 rings (SSSR count). The van der Waals surface area contributed by atoms with Crippen molar-refractivity contribution in [2.45, 2.75) is 12.4 Å². The van der Waals surface area contributed by atoms with Gasteiger partial charge in [0.05, 0.1) is 32.3 Å². The van der Waals surface area contributed by atoms with Gasteiger partial charge in [-0.3, -0.25) is 24.6 Å². The van der Waals surface area contributed by atoms with Gasteiger partial charge in [0.1, 0.15) is 0 Å². The molecule has 0 radical (unpaired) electrons. The summed E-state index contributed by atoms with van der Waals surface area (Å²) in [6.45, 7) is 0. The molecule has 3 aromatic heterocycles. The van der Waals surface area contributed by atoms with Crippen molar-refractivity contribution in [2.24, 2.45) is 0 Å². The highest BCUT2D eigenvalue weighted by molar-refractivity contribution is 6.45. The Bertz CT molecular complexity index is 1570. The maximum atomic E-state index is 13.1. The van der Waals surface area contributed by atoms with Gasteiger partial charge in [-0.2, -0.15) is 26.3 Å². The first kappa shape index (κ1) is 27.2.